The first kappa shape index (κ1) is 24.1. The van der Waals surface area contributed by atoms with E-state index in [1.54, 1.807) is 47.6 Å². The normalized spacial score (nSPS) is 19.5. The quantitative estimate of drug-likeness (QED) is 0.362. The molecule has 4 N–H and O–H groups in total. The number of imidazole rings is 1. The van der Waals surface area contributed by atoms with Crippen LogP contribution < -0.4 is 16.4 Å². The number of piperazine rings is 1. The maximum Gasteiger partial charge on any atom is 0.256 e. The summed E-state index contributed by atoms with van der Waals surface area (Å²) in [6.07, 6.45) is 6.41. The van der Waals surface area contributed by atoms with Crippen molar-refractivity contribution in [1.82, 2.24) is 29.6 Å². The first-order valence-electron chi connectivity index (χ1n) is 12.0. The lowest BCUT2D eigenvalue weighted by Crippen LogP contribution is -2.57. The summed E-state index contributed by atoms with van der Waals surface area (Å²) in [4.78, 5) is 40.4. The van der Waals surface area contributed by atoms with Crippen LogP contribution in [0.4, 0.5) is 11.6 Å². The van der Waals surface area contributed by atoms with Gasteiger partial charge in [-0.05, 0) is 44.2 Å². The molecule has 0 spiro atoms. The molecular weight excluding hydrogens is 468 g/mol. The number of nitrogen functional groups attached to an aromatic ring is 1. The number of carbonyl (C=O) groups excluding carboxylic acids is 2. The van der Waals surface area contributed by atoms with Crippen molar-refractivity contribution in [2.45, 2.75) is 32.0 Å². The second kappa shape index (κ2) is 9.82. The molecule has 4 heterocycles. The molecule has 0 radical (unpaired) electrons. The van der Waals surface area contributed by atoms with Crippen molar-refractivity contribution in [2.24, 2.45) is 0 Å². The zero-order valence-corrected chi connectivity index (χ0v) is 20.6. The van der Waals surface area contributed by atoms with Crippen molar-refractivity contribution < 1.29 is 9.59 Å². The van der Waals surface area contributed by atoms with Gasteiger partial charge in [0.25, 0.3) is 5.91 Å². The second-order valence-corrected chi connectivity index (χ2v) is 9.08. The molecule has 0 saturated carbocycles. The largest absolute Gasteiger partial charge is 0.382 e. The Morgan fingerprint density at radius 1 is 1.14 bits per heavy atom. The number of aromatic nitrogens is 4. The maximum absolute atomic E-state index is 12.7. The minimum Gasteiger partial charge on any atom is -0.382 e. The van der Waals surface area contributed by atoms with Gasteiger partial charge in [-0.3, -0.25) is 14.0 Å². The van der Waals surface area contributed by atoms with Crippen LogP contribution in [0.25, 0.3) is 16.8 Å². The molecule has 3 aromatic heterocycles. The molecule has 1 fully saturated rings. The van der Waals surface area contributed by atoms with E-state index in [9.17, 15) is 9.59 Å². The SMILES string of the molecule is C=CC(=O)N1C[C@H](C)NC(c2nc(-c3ccc(C(=O)Nc4ccccn4)cc3)c3c(N)nccn23)[C@@H]1C. The van der Waals surface area contributed by atoms with Crippen molar-refractivity contribution in [3.8, 4) is 11.3 Å². The van der Waals surface area contributed by atoms with E-state index < -0.39 is 0 Å². The Morgan fingerprint density at radius 2 is 1.92 bits per heavy atom. The summed E-state index contributed by atoms with van der Waals surface area (Å²) < 4.78 is 1.92. The van der Waals surface area contributed by atoms with Crippen molar-refractivity contribution in [3.63, 3.8) is 0 Å². The van der Waals surface area contributed by atoms with Crippen LogP contribution in [0, 0.1) is 0 Å². The molecule has 1 aliphatic rings. The average molecular weight is 497 g/mol. The van der Waals surface area contributed by atoms with Crippen molar-refractivity contribution in [3.05, 3.63) is 85.1 Å². The fourth-order valence-electron chi connectivity index (χ4n) is 4.75. The molecule has 1 saturated heterocycles. The number of nitrogens with one attached hydrogen (secondary N) is 2. The molecule has 10 heteroatoms. The van der Waals surface area contributed by atoms with Gasteiger partial charge >= 0.3 is 0 Å². The first-order valence-corrected chi connectivity index (χ1v) is 12.0. The number of nitrogens with zero attached hydrogens (tertiary/aromatic N) is 5. The smallest absolute Gasteiger partial charge is 0.256 e. The number of carbonyl (C=O) groups is 2. The average Bonchev–Trinajstić information content (AvgIpc) is 3.31. The van der Waals surface area contributed by atoms with E-state index in [-0.39, 0.29) is 29.9 Å². The van der Waals surface area contributed by atoms with Crippen LogP contribution in [0.2, 0.25) is 0 Å². The minimum atomic E-state index is -0.261. The summed E-state index contributed by atoms with van der Waals surface area (Å²) in [5.41, 5.74) is 8.90. The molecule has 188 valence electrons. The standard InChI is InChI=1S/C27H28N8O2/c1-4-21(36)35-15-16(2)31-22(17(35)3)26-33-23(24-25(28)30-13-14-34(24)26)18-8-10-19(11-9-18)27(37)32-20-7-5-6-12-29-20/h4-14,16-17,22,31H,1,15H2,2-3H3,(H2,28,30)(H,29,32,37)/t16-,17-,22?/m0/s1. The highest BCUT2D eigenvalue weighted by Crippen LogP contribution is 2.33. The number of fused-ring (bicyclic) bond motifs is 1. The topological polar surface area (TPSA) is 131 Å². The second-order valence-electron chi connectivity index (χ2n) is 9.08. The predicted molar refractivity (Wildman–Crippen MR) is 142 cm³/mol. The Hall–Kier alpha value is -4.57. The van der Waals surface area contributed by atoms with Gasteiger partial charge in [0.05, 0.1) is 12.1 Å². The Bertz CT molecular complexity index is 1470. The third kappa shape index (κ3) is 4.54. The number of nitrogens with two attached hydrogens (primary N) is 1. The molecule has 5 rings (SSSR count). The number of pyridine rings is 1. The Balaban J connectivity index is 1.51. The Labute approximate surface area is 214 Å². The fourth-order valence-corrected chi connectivity index (χ4v) is 4.75. The van der Waals surface area contributed by atoms with Crippen molar-refractivity contribution in [2.75, 3.05) is 17.6 Å². The highest BCUT2D eigenvalue weighted by atomic mass is 16.2. The molecule has 3 atom stereocenters. The lowest BCUT2D eigenvalue weighted by atomic mass is 10.0. The third-order valence-electron chi connectivity index (χ3n) is 6.58. The summed E-state index contributed by atoms with van der Waals surface area (Å²) in [6.45, 7) is 8.25. The van der Waals surface area contributed by atoms with E-state index in [1.807, 2.05) is 36.6 Å². The molecule has 4 aromatic rings. The lowest BCUT2D eigenvalue weighted by Gasteiger charge is -2.42. The molecule has 0 bridgehead atoms. The van der Waals surface area contributed by atoms with Gasteiger partial charge in [-0.15, -0.1) is 0 Å². The van der Waals surface area contributed by atoms with Gasteiger partial charge in [-0.25, -0.2) is 15.0 Å². The fraction of sp³-hybridized carbons (Fsp3) is 0.222. The van der Waals surface area contributed by atoms with Gasteiger partial charge in [0, 0.05) is 42.3 Å². The van der Waals surface area contributed by atoms with Crippen LogP contribution in [-0.2, 0) is 4.79 Å². The van der Waals surface area contributed by atoms with Gasteiger partial charge < -0.3 is 21.3 Å². The number of rotatable bonds is 5. The van der Waals surface area contributed by atoms with Crippen LogP contribution in [0.5, 0.6) is 0 Å². The van der Waals surface area contributed by atoms with Gasteiger partial charge in [-0.2, -0.15) is 0 Å². The van der Waals surface area contributed by atoms with E-state index in [4.69, 9.17) is 10.7 Å². The summed E-state index contributed by atoms with van der Waals surface area (Å²) >= 11 is 0. The predicted octanol–water partition coefficient (Wildman–Crippen LogP) is 3.06. The van der Waals surface area contributed by atoms with E-state index in [1.165, 1.54) is 6.08 Å². The molecule has 2 amide bonds. The number of hydrogen-bond acceptors (Lipinski definition) is 7. The molecule has 10 nitrogen and oxygen atoms in total. The summed E-state index contributed by atoms with van der Waals surface area (Å²) in [7, 11) is 0. The zero-order valence-electron chi connectivity index (χ0n) is 20.6. The lowest BCUT2D eigenvalue weighted by molar-refractivity contribution is -0.130. The molecule has 1 unspecified atom stereocenters. The van der Waals surface area contributed by atoms with E-state index in [2.05, 4.69) is 27.2 Å². The molecule has 1 aromatic carbocycles. The third-order valence-corrected chi connectivity index (χ3v) is 6.58. The van der Waals surface area contributed by atoms with E-state index in [0.717, 1.165) is 11.4 Å². The van der Waals surface area contributed by atoms with Crippen LogP contribution in [0.3, 0.4) is 0 Å². The van der Waals surface area contributed by atoms with Gasteiger partial charge in [0.2, 0.25) is 5.91 Å². The Kier molecular flexibility index (Phi) is 6.41. The van der Waals surface area contributed by atoms with Gasteiger partial charge in [0.15, 0.2) is 0 Å². The van der Waals surface area contributed by atoms with E-state index >= 15 is 0 Å². The van der Waals surface area contributed by atoms with Crippen LogP contribution >= 0.6 is 0 Å². The zero-order chi connectivity index (χ0) is 26.1. The highest BCUT2D eigenvalue weighted by molar-refractivity contribution is 6.04. The number of hydrogen-bond donors (Lipinski definition) is 3. The van der Waals surface area contributed by atoms with E-state index in [0.29, 0.717) is 35.0 Å². The van der Waals surface area contributed by atoms with Gasteiger partial charge in [-0.1, -0.05) is 24.8 Å². The molecular formula is C27H28N8O2. The number of amides is 2. The molecule has 0 aliphatic carbocycles. The van der Waals surface area contributed by atoms with Crippen LogP contribution in [0.1, 0.15) is 36.1 Å². The minimum absolute atomic E-state index is 0.0528. The highest BCUT2D eigenvalue weighted by Gasteiger charge is 2.37. The van der Waals surface area contributed by atoms with Crippen LogP contribution in [-0.4, -0.2) is 54.7 Å². The Morgan fingerprint density at radius 3 is 2.62 bits per heavy atom. The van der Waals surface area contributed by atoms with Crippen LogP contribution in [0.15, 0.2) is 73.7 Å². The molecule has 1 aliphatic heterocycles. The number of anilines is 2. The first-order chi connectivity index (χ1) is 17.9. The van der Waals surface area contributed by atoms with Crippen molar-refractivity contribution in [1.29, 1.82) is 0 Å². The molecule has 37 heavy (non-hydrogen) atoms. The van der Waals surface area contributed by atoms with Gasteiger partial charge in [0.1, 0.15) is 28.7 Å². The monoisotopic (exact) mass is 496 g/mol. The van der Waals surface area contributed by atoms with Crippen molar-refractivity contribution >= 4 is 29.0 Å². The maximum atomic E-state index is 12.7. The number of benzene rings is 1. The summed E-state index contributed by atoms with van der Waals surface area (Å²) in [5.74, 6) is 1.16. The summed E-state index contributed by atoms with van der Waals surface area (Å²) in [5, 5.41) is 6.37. The summed E-state index contributed by atoms with van der Waals surface area (Å²) in [6, 6.07) is 12.1.